The maximum absolute atomic E-state index is 11.7. The summed E-state index contributed by atoms with van der Waals surface area (Å²) in [6.07, 6.45) is 3.42. The summed E-state index contributed by atoms with van der Waals surface area (Å²) in [4.78, 5) is 11.7. The normalized spacial score (nSPS) is 12.2. The van der Waals surface area contributed by atoms with E-state index in [1.54, 1.807) is 0 Å². The molecule has 0 aliphatic carbocycles. The third-order valence-corrected chi connectivity index (χ3v) is 3.20. The zero-order valence-electron chi connectivity index (χ0n) is 10.8. The predicted octanol–water partition coefficient (Wildman–Crippen LogP) is 3.04. The average molecular weight is 269 g/mol. The van der Waals surface area contributed by atoms with Crippen LogP contribution in [0.2, 0.25) is 5.02 Å². The lowest BCUT2D eigenvalue weighted by atomic mass is 10.1. The second-order valence-corrected chi connectivity index (χ2v) is 4.82. The molecule has 0 saturated heterocycles. The number of benzene rings is 1. The number of nitrogens with one attached hydrogen (secondary N) is 1. The minimum Gasteiger partial charge on any atom is -0.350 e. The Kier molecular flexibility index (Phi) is 6.76. The highest BCUT2D eigenvalue weighted by Gasteiger charge is 2.11. The molecule has 1 rings (SSSR count). The van der Waals surface area contributed by atoms with Gasteiger partial charge in [0, 0.05) is 11.4 Å². The van der Waals surface area contributed by atoms with Crippen molar-refractivity contribution in [1.82, 2.24) is 5.32 Å². The van der Waals surface area contributed by atoms with Crippen molar-refractivity contribution in [2.75, 3.05) is 6.54 Å². The molecule has 100 valence electrons. The van der Waals surface area contributed by atoms with Gasteiger partial charge in [-0.1, -0.05) is 36.2 Å². The van der Waals surface area contributed by atoms with Crippen LogP contribution in [0, 0.1) is 0 Å². The molecule has 1 amide bonds. The zero-order chi connectivity index (χ0) is 13.4. The third-order valence-electron chi connectivity index (χ3n) is 2.86. The van der Waals surface area contributed by atoms with Crippen LogP contribution >= 0.6 is 11.6 Å². The van der Waals surface area contributed by atoms with Crippen molar-refractivity contribution >= 4 is 17.5 Å². The molecular weight excluding hydrogens is 248 g/mol. The van der Waals surface area contributed by atoms with E-state index >= 15 is 0 Å². The van der Waals surface area contributed by atoms with Gasteiger partial charge < -0.3 is 11.1 Å². The number of nitrogens with two attached hydrogens (primary N) is 1. The van der Waals surface area contributed by atoms with Crippen molar-refractivity contribution < 1.29 is 4.79 Å². The van der Waals surface area contributed by atoms with E-state index in [0.717, 1.165) is 24.8 Å². The Hall–Kier alpha value is -1.06. The van der Waals surface area contributed by atoms with E-state index in [-0.39, 0.29) is 11.9 Å². The van der Waals surface area contributed by atoms with Crippen LogP contribution in [0.4, 0.5) is 0 Å². The summed E-state index contributed by atoms with van der Waals surface area (Å²) in [6, 6.07) is 7.52. The smallest absolute Gasteiger partial charge is 0.220 e. The van der Waals surface area contributed by atoms with E-state index in [1.165, 1.54) is 0 Å². The van der Waals surface area contributed by atoms with Gasteiger partial charge in [-0.25, -0.2) is 0 Å². The molecule has 1 aromatic carbocycles. The molecule has 3 N–H and O–H groups in total. The minimum absolute atomic E-state index is 0.0549. The van der Waals surface area contributed by atoms with Crippen LogP contribution in [0.1, 0.15) is 44.2 Å². The lowest BCUT2D eigenvalue weighted by Crippen LogP contribution is -2.26. The van der Waals surface area contributed by atoms with Crippen LogP contribution in [0.15, 0.2) is 24.3 Å². The van der Waals surface area contributed by atoms with Gasteiger partial charge in [-0.2, -0.15) is 0 Å². The van der Waals surface area contributed by atoms with Crippen LogP contribution in [0.5, 0.6) is 0 Å². The lowest BCUT2D eigenvalue weighted by Gasteiger charge is -2.15. The molecule has 0 unspecified atom stereocenters. The van der Waals surface area contributed by atoms with Crippen LogP contribution in [0.25, 0.3) is 0 Å². The molecule has 0 fully saturated rings. The van der Waals surface area contributed by atoms with E-state index in [4.69, 9.17) is 17.3 Å². The quantitative estimate of drug-likeness (QED) is 0.747. The van der Waals surface area contributed by atoms with Gasteiger partial charge in [0.05, 0.1) is 6.04 Å². The summed E-state index contributed by atoms with van der Waals surface area (Å²) in [7, 11) is 0. The Morgan fingerprint density at radius 3 is 2.72 bits per heavy atom. The molecule has 0 aliphatic rings. The Labute approximate surface area is 114 Å². The van der Waals surface area contributed by atoms with Gasteiger partial charge >= 0.3 is 0 Å². The fourth-order valence-corrected chi connectivity index (χ4v) is 2.12. The molecule has 3 nitrogen and oxygen atoms in total. The predicted molar refractivity (Wildman–Crippen MR) is 75.5 cm³/mol. The van der Waals surface area contributed by atoms with Crippen molar-refractivity contribution in [1.29, 1.82) is 0 Å². The molecule has 0 saturated carbocycles. The number of hydrogen-bond acceptors (Lipinski definition) is 2. The summed E-state index contributed by atoms with van der Waals surface area (Å²) in [5.41, 5.74) is 6.36. The second-order valence-electron chi connectivity index (χ2n) is 4.41. The molecule has 4 heteroatoms. The lowest BCUT2D eigenvalue weighted by molar-refractivity contribution is -0.121. The molecule has 0 aromatic heterocycles. The van der Waals surface area contributed by atoms with E-state index in [2.05, 4.69) is 5.32 Å². The van der Waals surface area contributed by atoms with Crippen LogP contribution in [-0.4, -0.2) is 12.5 Å². The fourth-order valence-electron chi connectivity index (χ4n) is 1.82. The number of rotatable bonds is 7. The van der Waals surface area contributed by atoms with Gasteiger partial charge in [0.15, 0.2) is 0 Å². The first-order valence-electron chi connectivity index (χ1n) is 6.39. The number of carbonyl (C=O) groups is 1. The number of halogens is 1. The van der Waals surface area contributed by atoms with Gasteiger partial charge in [-0.05, 0) is 37.9 Å². The highest BCUT2D eigenvalue weighted by Crippen LogP contribution is 2.22. The standard InChI is InChI=1S/C14H21ClN2O/c1-11(12-7-4-5-8-13(12)15)17-14(18)9-3-2-6-10-16/h4-5,7-8,11H,2-3,6,9-10,16H2,1H3,(H,17,18)/t11-/m0/s1. The van der Waals surface area contributed by atoms with E-state index in [1.807, 2.05) is 31.2 Å². The van der Waals surface area contributed by atoms with Crippen LogP contribution in [-0.2, 0) is 4.79 Å². The van der Waals surface area contributed by atoms with Gasteiger partial charge in [0.25, 0.3) is 0 Å². The first-order valence-corrected chi connectivity index (χ1v) is 6.76. The molecule has 1 atom stereocenters. The van der Waals surface area contributed by atoms with Crippen LogP contribution < -0.4 is 11.1 Å². The molecule has 0 spiro atoms. The Morgan fingerprint density at radius 2 is 2.06 bits per heavy atom. The molecule has 0 radical (unpaired) electrons. The first-order chi connectivity index (χ1) is 8.65. The summed E-state index contributed by atoms with van der Waals surface area (Å²) in [5, 5.41) is 3.65. The fraction of sp³-hybridized carbons (Fsp3) is 0.500. The molecule has 18 heavy (non-hydrogen) atoms. The number of hydrogen-bond donors (Lipinski definition) is 2. The van der Waals surface area contributed by atoms with Gasteiger partial charge in [0.1, 0.15) is 0 Å². The van der Waals surface area contributed by atoms with E-state index in [9.17, 15) is 4.79 Å². The molecule has 0 bridgehead atoms. The number of amides is 1. The second kappa shape index (κ2) is 8.11. The maximum atomic E-state index is 11.7. The average Bonchev–Trinajstić information content (AvgIpc) is 2.35. The van der Waals surface area contributed by atoms with Crippen molar-refractivity contribution in [3.05, 3.63) is 34.9 Å². The zero-order valence-corrected chi connectivity index (χ0v) is 11.5. The Bertz CT molecular complexity index is 382. The van der Waals surface area contributed by atoms with E-state index in [0.29, 0.717) is 18.0 Å². The molecule has 0 heterocycles. The Morgan fingerprint density at radius 1 is 1.33 bits per heavy atom. The summed E-state index contributed by atoms with van der Waals surface area (Å²) in [6.45, 7) is 2.64. The maximum Gasteiger partial charge on any atom is 0.220 e. The molecule has 1 aromatic rings. The van der Waals surface area contributed by atoms with Crippen molar-refractivity contribution in [3.63, 3.8) is 0 Å². The van der Waals surface area contributed by atoms with E-state index < -0.39 is 0 Å². The summed E-state index contributed by atoms with van der Waals surface area (Å²) < 4.78 is 0. The number of carbonyl (C=O) groups excluding carboxylic acids is 1. The minimum atomic E-state index is -0.0549. The monoisotopic (exact) mass is 268 g/mol. The summed E-state index contributed by atoms with van der Waals surface area (Å²) in [5.74, 6) is 0.0689. The van der Waals surface area contributed by atoms with Crippen molar-refractivity contribution in [2.45, 2.75) is 38.6 Å². The molecular formula is C14H21ClN2O. The number of unbranched alkanes of at least 4 members (excludes halogenated alkanes) is 2. The van der Waals surface area contributed by atoms with Gasteiger partial charge in [-0.3, -0.25) is 4.79 Å². The third kappa shape index (κ3) is 5.07. The van der Waals surface area contributed by atoms with Gasteiger partial charge in [-0.15, -0.1) is 0 Å². The first kappa shape index (κ1) is 15.0. The largest absolute Gasteiger partial charge is 0.350 e. The van der Waals surface area contributed by atoms with Crippen molar-refractivity contribution in [3.8, 4) is 0 Å². The Balaban J connectivity index is 2.38. The SMILES string of the molecule is C[C@H](NC(=O)CCCCCN)c1ccccc1Cl. The van der Waals surface area contributed by atoms with Crippen molar-refractivity contribution in [2.24, 2.45) is 5.73 Å². The topological polar surface area (TPSA) is 55.1 Å². The highest BCUT2D eigenvalue weighted by molar-refractivity contribution is 6.31. The summed E-state index contributed by atoms with van der Waals surface area (Å²) >= 11 is 6.08. The van der Waals surface area contributed by atoms with Gasteiger partial charge in [0.2, 0.25) is 5.91 Å². The van der Waals surface area contributed by atoms with Crippen LogP contribution in [0.3, 0.4) is 0 Å². The highest BCUT2D eigenvalue weighted by atomic mass is 35.5. The molecule has 0 aliphatic heterocycles.